The van der Waals surface area contributed by atoms with Crippen molar-refractivity contribution in [3.8, 4) is 11.6 Å². The molecular formula is C34H31N7O4. The molecule has 226 valence electrons. The van der Waals surface area contributed by atoms with Gasteiger partial charge in [0.05, 0.1) is 28.1 Å². The van der Waals surface area contributed by atoms with Gasteiger partial charge in [-0.15, -0.1) is 0 Å². The van der Waals surface area contributed by atoms with Gasteiger partial charge in [0.15, 0.2) is 0 Å². The number of aromatic nitrogens is 4. The van der Waals surface area contributed by atoms with Crippen molar-refractivity contribution in [2.24, 2.45) is 19.1 Å². The highest BCUT2D eigenvalue weighted by molar-refractivity contribution is 5.93. The number of fused-ring (bicyclic) bond motifs is 2. The molecule has 3 heterocycles. The van der Waals surface area contributed by atoms with E-state index < -0.39 is 17.1 Å². The first-order chi connectivity index (χ1) is 21.8. The Hall–Kier alpha value is -5.84. The number of anilines is 2. The zero-order valence-corrected chi connectivity index (χ0v) is 24.8. The molecule has 0 bridgehead atoms. The number of imidazole rings is 1. The van der Waals surface area contributed by atoms with E-state index in [0.717, 1.165) is 45.3 Å². The number of aromatic hydroxyl groups is 1. The maximum absolute atomic E-state index is 13.0. The first-order valence-corrected chi connectivity index (χ1v) is 14.7. The van der Waals surface area contributed by atoms with Crippen LogP contribution in [-0.2, 0) is 14.1 Å². The Labute approximate surface area is 257 Å². The Bertz CT molecular complexity index is 2280. The molecule has 1 saturated heterocycles. The molecule has 0 radical (unpaired) electrons. The molecule has 7 rings (SSSR count). The average molecular weight is 602 g/mol. The monoisotopic (exact) mass is 601 g/mol. The second-order valence-electron chi connectivity index (χ2n) is 11.1. The SMILES string of the molecule is Cn1c(=O)n(C)c2cc(N3CCN(c4ccccc4)CC3)c(N=Cc3c(O)n(-c4cccc5ccccc45)c(=O)[nH]c3=O)cc21. The number of H-pyrrole nitrogens is 1. The Morgan fingerprint density at radius 2 is 1.40 bits per heavy atom. The number of nitrogens with one attached hydrogen (secondary N) is 1. The third kappa shape index (κ3) is 4.78. The van der Waals surface area contributed by atoms with Crippen molar-refractivity contribution in [3.05, 3.63) is 122 Å². The first kappa shape index (κ1) is 28.0. The van der Waals surface area contributed by atoms with Crippen LogP contribution in [-0.4, -0.2) is 56.2 Å². The van der Waals surface area contributed by atoms with E-state index in [-0.39, 0.29) is 11.3 Å². The van der Waals surface area contributed by atoms with Gasteiger partial charge in [-0.05, 0) is 35.7 Å². The number of hydrogen-bond acceptors (Lipinski definition) is 7. The van der Waals surface area contributed by atoms with Gasteiger partial charge in [0, 0.05) is 57.6 Å². The van der Waals surface area contributed by atoms with E-state index in [0.29, 0.717) is 30.0 Å². The van der Waals surface area contributed by atoms with Crippen molar-refractivity contribution < 1.29 is 5.11 Å². The van der Waals surface area contributed by atoms with E-state index in [1.807, 2.05) is 60.7 Å². The van der Waals surface area contributed by atoms with Crippen molar-refractivity contribution in [2.75, 3.05) is 36.0 Å². The van der Waals surface area contributed by atoms with E-state index in [1.54, 1.807) is 35.4 Å². The molecule has 1 fully saturated rings. The fourth-order valence-corrected chi connectivity index (χ4v) is 6.14. The van der Waals surface area contributed by atoms with Gasteiger partial charge in [0.1, 0.15) is 5.56 Å². The van der Waals surface area contributed by atoms with E-state index in [2.05, 4.69) is 26.9 Å². The van der Waals surface area contributed by atoms with Crippen molar-refractivity contribution in [2.45, 2.75) is 0 Å². The summed E-state index contributed by atoms with van der Waals surface area (Å²) in [6.07, 6.45) is 1.28. The predicted molar refractivity (Wildman–Crippen MR) is 178 cm³/mol. The van der Waals surface area contributed by atoms with Gasteiger partial charge < -0.3 is 14.9 Å². The summed E-state index contributed by atoms with van der Waals surface area (Å²) in [4.78, 5) is 50.4. The van der Waals surface area contributed by atoms with E-state index in [1.165, 1.54) is 6.21 Å². The lowest BCUT2D eigenvalue weighted by atomic mass is 10.1. The second-order valence-corrected chi connectivity index (χ2v) is 11.1. The molecule has 0 amide bonds. The zero-order chi connectivity index (χ0) is 31.2. The lowest BCUT2D eigenvalue weighted by molar-refractivity contribution is 0.430. The molecule has 0 spiro atoms. The molecule has 0 unspecified atom stereocenters. The van der Waals surface area contributed by atoms with Gasteiger partial charge in [-0.25, -0.2) is 14.2 Å². The summed E-state index contributed by atoms with van der Waals surface area (Å²) in [5.41, 5.74) is 2.50. The summed E-state index contributed by atoms with van der Waals surface area (Å²) < 4.78 is 4.23. The normalized spacial score (nSPS) is 13.8. The van der Waals surface area contributed by atoms with E-state index >= 15 is 0 Å². The van der Waals surface area contributed by atoms with Crippen LogP contribution in [0.1, 0.15) is 5.56 Å². The molecule has 4 aromatic carbocycles. The third-order valence-corrected chi connectivity index (χ3v) is 8.57. The molecule has 2 aromatic heterocycles. The fraction of sp³-hybridized carbons (Fsp3) is 0.176. The number of para-hydroxylation sites is 1. The highest BCUT2D eigenvalue weighted by Crippen LogP contribution is 2.35. The number of benzene rings is 4. The minimum atomic E-state index is -0.760. The minimum Gasteiger partial charge on any atom is -0.493 e. The fourth-order valence-electron chi connectivity index (χ4n) is 6.14. The molecule has 0 atom stereocenters. The molecular weight excluding hydrogens is 570 g/mol. The predicted octanol–water partition coefficient (Wildman–Crippen LogP) is 3.65. The first-order valence-electron chi connectivity index (χ1n) is 14.7. The maximum atomic E-state index is 13.0. The number of aryl methyl sites for hydroxylation is 2. The third-order valence-electron chi connectivity index (χ3n) is 8.57. The Balaban J connectivity index is 1.32. The minimum absolute atomic E-state index is 0.163. The number of nitrogens with zero attached hydrogens (tertiary/aromatic N) is 6. The van der Waals surface area contributed by atoms with E-state index in [9.17, 15) is 19.5 Å². The Morgan fingerprint density at radius 3 is 2.16 bits per heavy atom. The van der Waals surface area contributed by atoms with Crippen LogP contribution in [0.25, 0.3) is 27.5 Å². The van der Waals surface area contributed by atoms with Gasteiger partial charge in [0.25, 0.3) is 5.56 Å². The molecule has 11 heteroatoms. The van der Waals surface area contributed by atoms with E-state index in [4.69, 9.17) is 4.99 Å². The van der Waals surface area contributed by atoms with Gasteiger partial charge in [0.2, 0.25) is 5.88 Å². The van der Waals surface area contributed by atoms with Crippen LogP contribution in [0.5, 0.6) is 5.88 Å². The van der Waals surface area contributed by atoms with Gasteiger partial charge in [-0.3, -0.25) is 23.9 Å². The smallest absolute Gasteiger partial charge is 0.335 e. The second kappa shape index (κ2) is 11.0. The van der Waals surface area contributed by atoms with Crippen molar-refractivity contribution in [1.29, 1.82) is 0 Å². The summed E-state index contributed by atoms with van der Waals surface area (Å²) in [5.74, 6) is -0.518. The van der Waals surface area contributed by atoms with Crippen molar-refractivity contribution in [3.63, 3.8) is 0 Å². The standard InChI is InChI=1S/C34H31N7O4/c1-37-29-19-26(28(20-30(29)38(2)34(37)45)40-17-15-39(16-18-40)23-11-4-3-5-12-23)35-21-25-31(42)36-33(44)41(32(25)43)27-14-8-10-22-9-6-7-13-24(22)27/h3-14,19-21,43H,15-18H2,1-2H3,(H,36,42,44). The summed E-state index contributed by atoms with van der Waals surface area (Å²) in [6.45, 7) is 2.99. The molecule has 0 aliphatic carbocycles. The number of aliphatic imine (C=N–C) groups is 1. The van der Waals surface area contributed by atoms with Crippen LogP contribution in [0.3, 0.4) is 0 Å². The summed E-state index contributed by atoms with van der Waals surface area (Å²) in [5, 5.41) is 13.0. The molecule has 1 aliphatic heterocycles. The molecule has 0 saturated carbocycles. The van der Waals surface area contributed by atoms with Crippen molar-refractivity contribution in [1.82, 2.24) is 18.7 Å². The molecule has 1 aliphatic rings. The zero-order valence-electron chi connectivity index (χ0n) is 24.8. The van der Waals surface area contributed by atoms with Gasteiger partial charge >= 0.3 is 11.4 Å². The average Bonchev–Trinajstić information content (AvgIpc) is 3.27. The van der Waals surface area contributed by atoms with Crippen molar-refractivity contribution >= 4 is 45.1 Å². The van der Waals surface area contributed by atoms with Crippen LogP contribution in [0.4, 0.5) is 17.1 Å². The molecule has 11 nitrogen and oxygen atoms in total. The summed E-state index contributed by atoms with van der Waals surface area (Å²) in [7, 11) is 3.44. The number of rotatable bonds is 5. The Kier molecular flexibility index (Phi) is 6.85. The quantitative estimate of drug-likeness (QED) is 0.291. The van der Waals surface area contributed by atoms with Crippen LogP contribution in [0.2, 0.25) is 0 Å². The largest absolute Gasteiger partial charge is 0.493 e. The van der Waals surface area contributed by atoms with Gasteiger partial charge in [-0.1, -0.05) is 54.6 Å². The lowest BCUT2D eigenvalue weighted by Crippen LogP contribution is -2.46. The number of piperazine rings is 1. The number of aromatic amines is 1. The van der Waals surface area contributed by atoms with Crippen LogP contribution >= 0.6 is 0 Å². The summed E-state index contributed by atoms with van der Waals surface area (Å²) >= 11 is 0. The van der Waals surface area contributed by atoms with Crippen LogP contribution < -0.4 is 26.7 Å². The molecule has 2 N–H and O–H groups in total. The van der Waals surface area contributed by atoms with Crippen LogP contribution in [0, 0.1) is 0 Å². The lowest BCUT2D eigenvalue weighted by Gasteiger charge is -2.37. The number of hydrogen-bond donors (Lipinski definition) is 2. The highest BCUT2D eigenvalue weighted by Gasteiger charge is 2.22. The molecule has 6 aromatic rings. The summed E-state index contributed by atoms with van der Waals surface area (Å²) in [6, 6.07) is 26.9. The van der Waals surface area contributed by atoms with Gasteiger partial charge in [-0.2, -0.15) is 0 Å². The topological polar surface area (TPSA) is 121 Å². The Morgan fingerprint density at radius 1 is 0.756 bits per heavy atom. The maximum Gasteiger partial charge on any atom is 0.335 e. The molecule has 45 heavy (non-hydrogen) atoms. The highest BCUT2D eigenvalue weighted by atomic mass is 16.3. The van der Waals surface area contributed by atoms with Crippen LogP contribution in [0.15, 0.2) is 104 Å².